The molecule has 2 aromatic heterocycles. The topological polar surface area (TPSA) is 90.1 Å². The third kappa shape index (κ3) is 3.95. The molecule has 0 radical (unpaired) electrons. The van der Waals surface area contributed by atoms with E-state index < -0.39 is 4.92 Å². The van der Waals surface area contributed by atoms with Crippen LogP contribution in [0.3, 0.4) is 0 Å². The van der Waals surface area contributed by atoms with E-state index in [-0.39, 0.29) is 18.0 Å². The molecule has 5 rings (SSSR count). The molecule has 0 atom stereocenters. The summed E-state index contributed by atoms with van der Waals surface area (Å²) in [6.45, 7) is 0.722. The number of thiazole rings is 1. The number of anilines is 1. The molecular formula is C24H18N4O3S. The number of para-hydroxylation sites is 1. The molecule has 0 fully saturated rings. The zero-order chi connectivity index (χ0) is 22.1. The van der Waals surface area contributed by atoms with Gasteiger partial charge in [-0.3, -0.25) is 14.9 Å². The van der Waals surface area contributed by atoms with Crippen LogP contribution in [-0.2, 0) is 17.8 Å². The Morgan fingerprint density at radius 1 is 1.06 bits per heavy atom. The van der Waals surface area contributed by atoms with E-state index in [4.69, 9.17) is 0 Å². The van der Waals surface area contributed by atoms with Gasteiger partial charge < -0.3 is 9.88 Å². The summed E-state index contributed by atoms with van der Waals surface area (Å²) in [6.07, 6.45) is 2.23. The number of aromatic nitrogens is 2. The Morgan fingerprint density at radius 2 is 1.84 bits per heavy atom. The Kier molecular flexibility index (Phi) is 5.12. The van der Waals surface area contributed by atoms with Crippen LogP contribution in [0.15, 0.2) is 79.0 Å². The molecule has 0 aliphatic heterocycles. The molecule has 0 aliphatic carbocycles. The number of nitro groups is 1. The van der Waals surface area contributed by atoms with E-state index in [9.17, 15) is 14.9 Å². The Bertz CT molecular complexity index is 1460. The fraction of sp³-hybridized carbons (Fsp3) is 0.0833. The van der Waals surface area contributed by atoms with Crippen molar-refractivity contribution in [2.45, 2.75) is 13.0 Å². The number of carbonyl (C=O) groups is 1. The van der Waals surface area contributed by atoms with Gasteiger partial charge in [-0.05, 0) is 23.3 Å². The summed E-state index contributed by atoms with van der Waals surface area (Å²) in [7, 11) is 0. The van der Waals surface area contributed by atoms with Gasteiger partial charge in [0.25, 0.3) is 5.69 Å². The van der Waals surface area contributed by atoms with Gasteiger partial charge in [0.2, 0.25) is 5.91 Å². The second-order valence-corrected chi connectivity index (χ2v) is 8.47. The second-order valence-electron chi connectivity index (χ2n) is 7.44. The van der Waals surface area contributed by atoms with Crippen molar-refractivity contribution in [3.8, 4) is 0 Å². The molecule has 0 aliphatic rings. The van der Waals surface area contributed by atoms with Crippen LogP contribution in [0.4, 0.5) is 10.8 Å². The largest absolute Gasteiger partial charge is 0.343 e. The van der Waals surface area contributed by atoms with Crippen molar-refractivity contribution in [2.75, 3.05) is 5.32 Å². The number of carbonyl (C=O) groups excluding carboxylic acids is 1. The van der Waals surface area contributed by atoms with Gasteiger partial charge in [-0.1, -0.05) is 59.9 Å². The number of nitrogens with one attached hydrogen (secondary N) is 1. The Balaban J connectivity index is 1.38. The first-order valence-corrected chi connectivity index (χ1v) is 10.8. The second kappa shape index (κ2) is 8.24. The summed E-state index contributed by atoms with van der Waals surface area (Å²) in [5, 5.41) is 15.3. The molecule has 0 saturated carbocycles. The molecule has 7 nitrogen and oxygen atoms in total. The quantitative estimate of drug-likeness (QED) is 0.282. The van der Waals surface area contributed by atoms with Crippen molar-refractivity contribution in [3.05, 3.63) is 100 Å². The minimum atomic E-state index is -0.442. The van der Waals surface area contributed by atoms with Gasteiger partial charge in [-0.25, -0.2) is 4.98 Å². The molecule has 5 aromatic rings. The molecule has 0 bridgehead atoms. The van der Waals surface area contributed by atoms with Gasteiger partial charge in [0, 0.05) is 35.8 Å². The molecule has 8 heteroatoms. The summed E-state index contributed by atoms with van der Waals surface area (Å²) >= 11 is 1.23. The van der Waals surface area contributed by atoms with E-state index in [1.807, 2.05) is 42.6 Å². The summed E-state index contributed by atoms with van der Waals surface area (Å²) in [4.78, 5) is 27.7. The first-order valence-electron chi connectivity index (χ1n) is 10.0. The Hall–Kier alpha value is -4.04. The van der Waals surface area contributed by atoms with Gasteiger partial charge >= 0.3 is 0 Å². The highest BCUT2D eigenvalue weighted by Crippen LogP contribution is 2.29. The van der Waals surface area contributed by atoms with E-state index in [2.05, 4.69) is 33.1 Å². The fourth-order valence-electron chi connectivity index (χ4n) is 3.79. The van der Waals surface area contributed by atoms with Gasteiger partial charge in [0.15, 0.2) is 5.13 Å². The van der Waals surface area contributed by atoms with E-state index >= 15 is 0 Å². The number of benzene rings is 3. The highest BCUT2D eigenvalue weighted by atomic mass is 32.1. The molecule has 1 amide bonds. The van der Waals surface area contributed by atoms with E-state index in [1.54, 1.807) is 6.07 Å². The lowest BCUT2D eigenvalue weighted by Crippen LogP contribution is -2.14. The van der Waals surface area contributed by atoms with E-state index in [0.29, 0.717) is 15.3 Å². The van der Waals surface area contributed by atoms with E-state index in [1.165, 1.54) is 29.0 Å². The molecule has 3 aromatic carbocycles. The lowest BCUT2D eigenvalue weighted by molar-refractivity contribution is -0.384. The summed E-state index contributed by atoms with van der Waals surface area (Å²) in [5.41, 5.74) is 3.82. The van der Waals surface area contributed by atoms with Gasteiger partial charge in [0.05, 0.1) is 21.6 Å². The van der Waals surface area contributed by atoms with Crippen LogP contribution in [0, 0.1) is 10.1 Å². The van der Waals surface area contributed by atoms with Gasteiger partial charge in [-0.2, -0.15) is 0 Å². The van der Waals surface area contributed by atoms with Crippen LogP contribution in [0.1, 0.15) is 11.1 Å². The van der Waals surface area contributed by atoms with Crippen LogP contribution in [0.2, 0.25) is 0 Å². The van der Waals surface area contributed by atoms with Crippen molar-refractivity contribution in [1.82, 2.24) is 9.55 Å². The zero-order valence-electron chi connectivity index (χ0n) is 16.9. The lowest BCUT2D eigenvalue weighted by Gasteiger charge is -2.05. The minimum Gasteiger partial charge on any atom is -0.343 e. The van der Waals surface area contributed by atoms with Crippen molar-refractivity contribution in [1.29, 1.82) is 0 Å². The third-order valence-electron chi connectivity index (χ3n) is 5.25. The smallest absolute Gasteiger partial charge is 0.270 e. The number of nitro benzene ring substituents is 1. The van der Waals surface area contributed by atoms with Gasteiger partial charge in [-0.15, -0.1) is 0 Å². The molecule has 0 saturated heterocycles. The Labute approximate surface area is 187 Å². The highest BCUT2D eigenvalue weighted by molar-refractivity contribution is 7.22. The highest BCUT2D eigenvalue weighted by Gasteiger charge is 2.15. The minimum absolute atomic E-state index is 0.00486. The summed E-state index contributed by atoms with van der Waals surface area (Å²) in [6, 6.07) is 22.7. The number of nitrogens with zero attached hydrogens (tertiary/aromatic N) is 3. The molecule has 2 heterocycles. The average Bonchev–Trinajstić information content (AvgIpc) is 3.34. The molecular weight excluding hydrogens is 424 g/mol. The predicted molar refractivity (Wildman–Crippen MR) is 126 cm³/mol. The van der Waals surface area contributed by atoms with E-state index in [0.717, 1.165) is 23.0 Å². The van der Waals surface area contributed by atoms with Crippen LogP contribution in [0.25, 0.3) is 21.1 Å². The van der Waals surface area contributed by atoms with Crippen LogP contribution < -0.4 is 5.32 Å². The molecule has 158 valence electrons. The number of rotatable bonds is 6. The summed E-state index contributed by atoms with van der Waals surface area (Å²) in [5.74, 6) is -0.179. The van der Waals surface area contributed by atoms with Crippen molar-refractivity contribution in [3.63, 3.8) is 0 Å². The maximum absolute atomic E-state index is 12.8. The first-order chi connectivity index (χ1) is 15.6. The molecule has 0 spiro atoms. The zero-order valence-corrected chi connectivity index (χ0v) is 17.7. The normalized spacial score (nSPS) is 11.1. The third-order valence-corrected chi connectivity index (χ3v) is 6.18. The first kappa shape index (κ1) is 19.9. The summed E-state index contributed by atoms with van der Waals surface area (Å²) < 4.78 is 2.82. The number of amides is 1. The number of fused-ring (bicyclic) bond motifs is 2. The van der Waals surface area contributed by atoms with Crippen molar-refractivity contribution in [2.24, 2.45) is 0 Å². The Morgan fingerprint density at radius 3 is 2.66 bits per heavy atom. The standard InChI is InChI=1S/C24H18N4O3S/c29-23(26-24-25-20-11-10-18(28(30)31)13-22(20)32-24)12-17-15-27(14-16-6-2-1-3-7-16)21-9-5-4-8-19(17)21/h1-11,13,15H,12,14H2,(H,25,26,29). The molecule has 1 N–H and O–H groups in total. The van der Waals surface area contributed by atoms with Crippen molar-refractivity contribution < 1.29 is 9.72 Å². The predicted octanol–water partition coefficient (Wildman–Crippen LogP) is 5.39. The number of non-ortho nitro benzene ring substituents is 1. The fourth-order valence-corrected chi connectivity index (χ4v) is 4.71. The average molecular weight is 443 g/mol. The monoisotopic (exact) mass is 442 g/mol. The maximum Gasteiger partial charge on any atom is 0.270 e. The number of hydrogen-bond acceptors (Lipinski definition) is 5. The maximum atomic E-state index is 12.8. The van der Waals surface area contributed by atoms with Crippen molar-refractivity contribution >= 4 is 49.2 Å². The van der Waals surface area contributed by atoms with Crippen LogP contribution >= 0.6 is 11.3 Å². The van der Waals surface area contributed by atoms with Crippen LogP contribution in [0.5, 0.6) is 0 Å². The molecule has 0 unspecified atom stereocenters. The lowest BCUT2D eigenvalue weighted by atomic mass is 10.1. The van der Waals surface area contributed by atoms with Crippen LogP contribution in [-0.4, -0.2) is 20.4 Å². The SMILES string of the molecule is O=C(Cc1cn(Cc2ccccc2)c2ccccc12)Nc1nc2ccc([N+](=O)[O-])cc2s1. The molecule has 32 heavy (non-hydrogen) atoms. The number of hydrogen-bond donors (Lipinski definition) is 1. The van der Waals surface area contributed by atoms with Gasteiger partial charge in [0.1, 0.15) is 0 Å².